The minimum Gasteiger partial charge on any atom is -0.369 e. The first-order valence-electron chi connectivity index (χ1n) is 10.5. The third kappa shape index (κ3) is 5.20. The monoisotopic (exact) mass is 395 g/mol. The number of anilines is 2. The third-order valence-electron chi connectivity index (χ3n) is 5.59. The number of aromatic nitrogens is 3. The van der Waals surface area contributed by atoms with Crippen molar-refractivity contribution in [3.63, 3.8) is 0 Å². The summed E-state index contributed by atoms with van der Waals surface area (Å²) in [4.78, 5) is 32.3. The highest BCUT2D eigenvalue weighted by Crippen LogP contribution is 2.15. The molecule has 0 aromatic carbocycles. The summed E-state index contributed by atoms with van der Waals surface area (Å²) < 4.78 is 0. The van der Waals surface area contributed by atoms with Crippen LogP contribution in [0.4, 0.5) is 11.8 Å². The van der Waals surface area contributed by atoms with E-state index in [1.165, 1.54) is 6.42 Å². The van der Waals surface area contributed by atoms with Crippen LogP contribution < -0.4 is 10.2 Å². The van der Waals surface area contributed by atoms with E-state index in [-0.39, 0.29) is 5.91 Å². The van der Waals surface area contributed by atoms with E-state index in [1.54, 1.807) is 18.6 Å². The standard InChI is InChI=1S/C21H29N7O/c29-20(27-10-2-1-3-11-27)18-5-8-22-19(17-18)23-9-12-26-13-15-28(16-14-26)21-24-6-4-7-25-21/h4-8,17H,1-3,9-16H2,(H,22,23). The topological polar surface area (TPSA) is 77.5 Å². The summed E-state index contributed by atoms with van der Waals surface area (Å²) in [6.45, 7) is 7.31. The second-order valence-electron chi connectivity index (χ2n) is 7.59. The fourth-order valence-electron chi connectivity index (χ4n) is 3.91. The lowest BCUT2D eigenvalue weighted by Gasteiger charge is -2.34. The zero-order valence-electron chi connectivity index (χ0n) is 16.8. The number of hydrogen-bond acceptors (Lipinski definition) is 7. The number of hydrogen-bond donors (Lipinski definition) is 1. The van der Waals surface area contributed by atoms with Crippen LogP contribution in [-0.2, 0) is 0 Å². The van der Waals surface area contributed by atoms with E-state index in [2.05, 4.69) is 30.1 Å². The molecular formula is C21H29N7O. The van der Waals surface area contributed by atoms with Crippen LogP contribution in [0.25, 0.3) is 0 Å². The largest absolute Gasteiger partial charge is 0.369 e. The first-order chi connectivity index (χ1) is 14.3. The molecule has 2 aromatic rings. The van der Waals surface area contributed by atoms with Gasteiger partial charge in [-0.2, -0.15) is 0 Å². The molecule has 0 atom stereocenters. The van der Waals surface area contributed by atoms with Crippen molar-refractivity contribution in [2.45, 2.75) is 19.3 Å². The molecule has 1 N–H and O–H groups in total. The lowest BCUT2D eigenvalue weighted by molar-refractivity contribution is 0.0724. The molecular weight excluding hydrogens is 366 g/mol. The molecule has 0 saturated carbocycles. The number of likely N-dealkylation sites (tertiary alicyclic amines) is 1. The Morgan fingerprint density at radius 1 is 0.931 bits per heavy atom. The maximum absolute atomic E-state index is 12.7. The van der Waals surface area contributed by atoms with Gasteiger partial charge in [0.05, 0.1) is 0 Å². The van der Waals surface area contributed by atoms with Crippen molar-refractivity contribution in [3.8, 4) is 0 Å². The number of nitrogens with zero attached hydrogens (tertiary/aromatic N) is 6. The third-order valence-corrected chi connectivity index (χ3v) is 5.59. The maximum atomic E-state index is 12.7. The number of piperazine rings is 1. The summed E-state index contributed by atoms with van der Waals surface area (Å²) in [7, 11) is 0. The Bertz CT molecular complexity index is 787. The quantitative estimate of drug-likeness (QED) is 0.798. The second-order valence-corrected chi connectivity index (χ2v) is 7.59. The van der Waals surface area contributed by atoms with Gasteiger partial charge < -0.3 is 15.1 Å². The molecule has 2 aromatic heterocycles. The summed E-state index contributed by atoms with van der Waals surface area (Å²) in [6.07, 6.45) is 8.72. The lowest BCUT2D eigenvalue weighted by Crippen LogP contribution is -2.48. The Hall–Kier alpha value is -2.74. The van der Waals surface area contributed by atoms with E-state index in [9.17, 15) is 4.79 Å². The first-order valence-corrected chi connectivity index (χ1v) is 10.5. The van der Waals surface area contributed by atoms with E-state index in [1.807, 2.05) is 23.1 Å². The van der Waals surface area contributed by atoms with Crippen molar-refractivity contribution in [2.75, 3.05) is 62.6 Å². The Labute approximate surface area is 172 Å². The molecule has 29 heavy (non-hydrogen) atoms. The normalized spacial score (nSPS) is 17.9. The number of carbonyl (C=O) groups is 1. The van der Waals surface area contributed by atoms with Gasteiger partial charge >= 0.3 is 0 Å². The predicted octanol–water partition coefficient (Wildman–Crippen LogP) is 1.73. The van der Waals surface area contributed by atoms with Gasteiger partial charge in [0.15, 0.2) is 0 Å². The van der Waals surface area contributed by atoms with E-state index >= 15 is 0 Å². The molecule has 0 spiro atoms. The van der Waals surface area contributed by atoms with Gasteiger partial charge in [0.2, 0.25) is 5.95 Å². The summed E-state index contributed by atoms with van der Waals surface area (Å²) in [5.41, 5.74) is 0.723. The predicted molar refractivity (Wildman–Crippen MR) is 113 cm³/mol. The number of rotatable bonds is 6. The molecule has 154 valence electrons. The minimum atomic E-state index is 0.120. The van der Waals surface area contributed by atoms with Crippen LogP contribution in [0.5, 0.6) is 0 Å². The smallest absolute Gasteiger partial charge is 0.254 e. The van der Waals surface area contributed by atoms with Crippen molar-refractivity contribution in [3.05, 3.63) is 42.4 Å². The molecule has 2 saturated heterocycles. The molecule has 8 heteroatoms. The van der Waals surface area contributed by atoms with Crippen molar-refractivity contribution in [1.82, 2.24) is 24.8 Å². The number of carbonyl (C=O) groups excluding carboxylic acids is 1. The van der Waals surface area contributed by atoms with Gasteiger partial charge in [0, 0.05) is 76.5 Å². The summed E-state index contributed by atoms with van der Waals surface area (Å²) >= 11 is 0. The van der Waals surface area contributed by atoms with Crippen LogP contribution in [0.1, 0.15) is 29.6 Å². The molecule has 0 unspecified atom stereocenters. The van der Waals surface area contributed by atoms with E-state index < -0.39 is 0 Å². The summed E-state index contributed by atoms with van der Waals surface area (Å²) in [6, 6.07) is 5.53. The van der Waals surface area contributed by atoms with Crippen LogP contribution >= 0.6 is 0 Å². The van der Waals surface area contributed by atoms with Crippen LogP contribution in [0.3, 0.4) is 0 Å². The van der Waals surface area contributed by atoms with Crippen LogP contribution in [0.15, 0.2) is 36.8 Å². The average molecular weight is 396 g/mol. The fourth-order valence-corrected chi connectivity index (χ4v) is 3.91. The Balaban J connectivity index is 1.22. The molecule has 2 aliphatic rings. The van der Waals surface area contributed by atoms with E-state index in [0.29, 0.717) is 0 Å². The molecule has 0 aliphatic carbocycles. The van der Waals surface area contributed by atoms with E-state index in [4.69, 9.17) is 0 Å². The van der Waals surface area contributed by atoms with Crippen LogP contribution in [0.2, 0.25) is 0 Å². The zero-order valence-corrected chi connectivity index (χ0v) is 16.8. The lowest BCUT2D eigenvalue weighted by atomic mass is 10.1. The Morgan fingerprint density at radius 3 is 2.45 bits per heavy atom. The Kier molecular flexibility index (Phi) is 6.51. The van der Waals surface area contributed by atoms with Gasteiger partial charge in [-0.05, 0) is 37.5 Å². The number of nitrogens with one attached hydrogen (secondary N) is 1. The number of amides is 1. The second kappa shape index (κ2) is 9.65. The molecule has 0 radical (unpaired) electrons. The molecule has 8 nitrogen and oxygen atoms in total. The van der Waals surface area contributed by atoms with Gasteiger partial charge in [0.1, 0.15) is 5.82 Å². The van der Waals surface area contributed by atoms with E-state index in [0.717, 1.165) is 82.5 Å². The highest BCUT2D eigenvalue weighted by molar-refractivity contribution is 5.94. The van der Waals surface area contributed by atoms with Gasteiger partial charge in [-0.15, -0.1) is 0 Å². The van der Waals surface area contributed by atoms with Gasteiger partial charge in [-0.25, -0.2) is 15.0 Å². The molecule has 4 heterocycles. The average Bonchev–Trinajstić information content (AvgIpc) is 2.80. The van der Waals surface area contributed by atoms with Crippen LogP contribution in [0, 0.1) is 0 Å². The highest BCUT2D eigenvalue weighted by atomic mass is 16.2. The van der Waals surface area contributed by atoms with Crippen molar-refractivity contribution < 1.29 is 4.79 Å². The van der Waals surface area contributed by atoms with Crippen LogP contribution in [-0.4, -0.2) is 83.0 Å². The molecule has 1 amide bonds. The van der Waals surface area contributed by atoms with Crippen molar-refractivity contribution in [2.24, 2.45) is 0 Å². The Morgan fingerprint density at radius 2 is 1.69 bits per heavy atom. The number of piperidine rings is 1. The fraction of sp³-hybridized carbons (Fsp3) is 0.524. The van der Waals surface area contributed by atoms with Gasteiger partial charge in [-0.3, -0.25) is 9.69 Å². The summed E-state index contributed by atoms with van der Waals surface area (Å²) in [5, 5.41) is 3.37. The molecule has 0 bridgehead atoms. The zero-order chi connectivity index (χ0) is 19.9. The number of pyridine rings is 1. The molecule has 2 aliphatic heterocycles. The summed E-state index contributed by atoms with van der Waals surface area (Å²) in [5.74, 6) is 1.70. The van der Waals surface area contributed by atoms with Gasteiger partial charge in [-0.1, -0.05) is 0 Å². The maximum Gasteiger partial charge on any atom is 0.254 e. The molecule has 4 rings (SSSR count). The first kappa shape index (κ1) is 19.6. The highest BCUT2D eigenvalue weighted by Gasteiger charge is 2.19. The minimum absolute atomic E-state index is 0.120. The SMILES string of the molecule is O=C(c1ccnc(NCCN2CCN(c3ncccn3)CC2)c1)N1CCCCC1. The van der Waals surface area contributed by atoms with Gasteiger partial charge in [0.25, 0.3) is 5.91 Å². The van der Waals surface area contributed by atoms with Crippen molar-refractivity contribution in [1.29, 1.82) is 0 Å². The van der Waals surface area contributed by atoms with Crippen molar-refractivity contribution >= 4 is 17.7 Å². The molecule has 2 fully saturated rings.